The van der Waals surface area contributed by atoms with Crippen molar-refractivity contribution in [2.24, 2.45) is 5.84 Å². The Bertz CT molecular complexity index is 205. The molecule has 19 heavy (non-hydrogen) atoms. The SMILES string of the molecule is CC(=O)CCOCCOCCOCCOCCNN. The maximum absolute atomic E-state index is 10.6. The second-order valence-electron chi connectivity index (χ2n) is 3.86. The highest BCUT2D eigenvalue weighted by molar-refractivity contribution is 5.75. The molecule has 0 fully saturated rings. The molecule has 0 heterocycles. The fraction of sp³-hybridized carbons (Fsp3) is 0.917. The van der Waals surface area contributed by atoms with E-state index in [1.807, 2.05) is 0 Å². The minimum absolute atomic E-state index is 0.138. The summed E-state index contributed by atoms with van der Waals surface area (Å²) in [4.78, 5) is 10.6. The van der Waals surface area contributed by atoms with Gasteiger partial charge in [0.2, 0.25) is 0 Å². The molecule has 0 aliphatic carbocycles. The molecule has 0 aliphatic heterocycles. The molecule has 0 spiro atoms. The molecule has 0 saturated heterocycles. The Kier molecular flexibility index (Phi) is 15.0. The molecule has 0 aromatic heterocycles. The van der Waals surface area contributed by atoms with Crippen molar-refractivity contribution >= 4 is 5.78 Å². The fourth-order valence-electron chi connectivity index (χ4n) is 1.11. The second-order valence-corrected chi connectivity index (χ2v) is 3.86. The predicted octanol–water partition coefficient (Wildman–Crippen LogP) is -0.505. The Morgan fingerprint density at radius 1 is 0.842 bits per heavy atom. The maximum Gasteiger partial charge on any atom is 0.132 e. The lowest BCUT2D eigenvalue weighted by Crippen LogP contribution is -2.26. The van der Waals surface area contributed by atoms with Crippen LogP contribution in [0, 0.1) is 0 Å². The van der Waals surface area contributed by atoms with Crippen LogP contribution in [0.1, 0.15) is 13.3 Å². The number of carbonyl (C=O) groups excluding carboxylic acids is 1. The van der Waals surface area contributed by atoms with Gasteiger partial charge in [-0.1, -0.05) is 0 Å². The summed E-state index contributed by atoms with van der Waals surface area (Å²) in [6.45, 7) is 6.39. The van der Waals surface area contributed by atoms with Crippen LogP contribution in [0.2, 0.25) is 0 Å². The second kappa shape index (κ2) is 15.5. The number of Topliss-reactive ketones (excluding diaryl/α,β-unsaturated/α-hetero) is 1. The average Bonchev–Trinajstić information content (AvgIpc) is 2.39. The van der Waals surface area contributed by atoms with E-state index in [1.54, 1.807) is 6.92 Å². The molecular formula is C12H26N2O5. The first-order valence-corrected chi connectivity index (χ1v) is 6.51. The molecular weight excluding hydrogens is 252 g/mol. The van der Waals surface area contributed by atoms with Gasteiger partial charge in [-0.05, 0) is 6.92 Å². The number of carbonyl (C=O) groups is 1. The van der Waals surface area contributed by atoms with Crippen LogP contribution in [-0.4, -0.2) is 65.2 Å². The normalized spacial score (nSPS) is 10.8. The zero-order chi connectivity index (χ0) is 14.2. The van der Waals surface area contributed by atoms with Gasteiger partial charge in [0, 0.05) is 13.0 Å². The van der Waals surface area contributed by atoms with Gasteiger partial charge < -0.3 is 18.9 Å². The van der Waals surface area contributed by atoms with E-state index in [9.17, 15) is 4.79 Å². The molecule has 0 saturated carbocycles. The predicted molar refractivity (Wildman–Crippen MR) is 70.8 cm³/mol. The van der Waals surface area contributed by atoms with Gasteiger partial charge in [-0.2, -0.15) is 0 Å². The standard InChI is InChI=1S/C12H26N2O5/c1-12(15)2-4-16-6-8-18-10-11-19-9-7-17-5-3-14-13/h14H,2-11,13H2,1H3. The Hall–Kier alpha value is -0.570. The molecule has 0 unspecified atom stereocenters. The summed E-state index contributed by atoms with van der Waals surface area (Å²) in [6.07, 6.45) is 0.461. The lowest BCUT2D eigenvalue weighted by molar-refractivity contribution is -0.118. The number of nitrogens with two attached hydrogens (primary N) is 1. The van der Waals surface area contributed by atoms with E-state index in [4.69, 9.17) is 24.8 Å². The molecule has 0 bridgehead atoms. The van der Waals surface area contributed by atoms with E-state index < -0.39 is 0 Å². The van der Waals surface area contributed by atoms with Crippen LogP contribution in [0.3, 0.4) is 0 Å². The smallest absolute Gasteiger partial charge is 0.132 e. The van der Waals surface area contributed by atoms with Gasteiger partial charge in [0.05, 0.1) is 52.9 Å². The van der Waals surface area contributed by atoms with Gasteiger partial charge >= 0.3 is 0 Å². The summed E-state index contributed by atoms with van der Waals surface area (Å²) in [5.74, 6) is 5.22. The van der Waals surface area contributed by atoms with Crippen molar-refractivity contribution in [1.82, 2.24) is 5.43 Å². The molecule has 0 rings (SSSR count). The zero-order valence-corrected chi connectivity index (χ0v) is 11.7. The maximum atomic E-state index is 10.6. The summed E-state index contributed by atoms with van der Waals surface area (Å²) in [5, 5.41) is 0. The van der Waals surface area contributed by atoms with Gasteiger partial charge in [0.25, 0.3) is 0 Å². The number of hydrogen-bond donors (Lipinski definition) is 2. The van der Waals surface area contributed by atoms with Gasteiger partial charge in [0.15, 0.2) is 0 Å². The Balaban J connectivity index is 2.93. The number of hydrogen-bond acceptors (Lipinski definition) is 7. The van der Waals surface area contributed by atoms with Crippen LogP contribution in [-0.2, 0) is 23.7 Å². The summed E-state index contributed by atoms with van der Waals surface area (Å²) >= 11 is 0. The van der Waals surface area contributed by atoms with E-state index in [1.165, 1.54) is 0 Å². The monoisotopic (exact) mass is 278 g/mol. The van der Waals surface area contributed by atoms with Gasteiger partial charge in [-0.25, -0.2) is 0 Å². The van der Waals surface area contributed by atoms with Gasteiger partial charge in [-0.3, -0.25) is 16.1 Å². The Labute approximate surface area is 114 Å². The van der Waals surface area contributed by atoms with Crippen LogP contribution in [0.4, 0.5) is 0 Å². The first kappa shape index (κ1) is 18.4. The molecule has 0 aromatic rings. The summed E-state index contributed by atoms with van der Waals surface area (Å²) in [5.41, 5.74) is 2.50. The van der Waals surface area contributed by atoms with Crippen molar-refractivity contribution in [3.8, 4) is 0 Å². The van der Waals surface area contributed by atoms with Crippen LogP contribution in [0.5, 0.6) is 0 Å². The molecule has 0 aliphatic rings. The molecule has 3 N–H and O–H groups in total. The molecule has 0 aromatic carbocycles. The van der Waals surface area contributed by atoms with Crippen molar-refractivity contribution in [2.45, 2.75) is 13.3 Å². The molecule has 0 radical (unpaired) electrons. The first-order chi connectivity index (χ1) is 9.27. The topological polar surface area (TPSA) is 92.0 Å². The van der Waals surface area contributed by atoms with Gasteiger partial charge in [0.1, 0.15) is 5.78 Å². The van der Waals surface area contributed by atoms with Crippen molar-refractivity contribution in [1.29, 1.82) is 0 Å². The van der Waals surface area contributed by atoms with Crippen LogP contribution in [0.25, 0.3) is 0 Å². The number of ether oxygens (including phenoxy) is 4. The fourth-order valence-corrected chi connectivity index (χ4v) is 1.11. The van der Waals surface area contributed by atoms with E-state index in [0.717, 1.165) is 0 Å². The summed E-state index contributed by atoms with van der Waals surface area (Å²) < 4.78 is 21.0. The summed E-state index contributed by atoms with van der Waals surface area (Å²) in [7, 11) is 0. The average molecular weight is 278 g/mol. The van der Waals surface area contributed by atoms with E-state index in [-0.39, 0.29) is 5.78 Å². The molecule has 7 heteroatoms. The molecule has 0 atom stereocenters. The van der Waals surface area contributed by atoms with Crippen LogP contribution >= 0.6 is 0 Å². The zero-order valence-electron chi connectivity index (χ0n) is 11.7. The first-order valence-electron chi connectivity index (χ1n) is 6.51. The molecule has 0 amide bonds. The van der Waals surface area contributed by atoms with E-state index in [2.05, 4.69) is 5.43 Å². The Morgan fingerprint density at radius 3 is 1.68 bits per heavy atom. The van der Waals surface area contributed by atoms with Crippen molar-refractivity contribution in [2.75, 3.05) is 59.4 Å². The third-order valence-corrected chi connectivity index (χ3v) is 2.11. The largest absolute Gasteiger partial charge is 0.379 e. The highest BCUT2D eigenvalue weighted by Gasteiger charge is 1.94. The van der Waals surface area contributed by atoms with Crippen LogP contribution in [0.15, 0.2) is 0 Å². The minimum Gasteiger partial charge on any atom is -0.379 e. The van der Waals surface area contributed by atoms with Crippen LogP contribution < -0.4 is 11.3 Å². The van der Waals surface area contributed by atoms with Crippen molar-refractivity contribution in [3.63, 3.8) is 0 Å². The van der Waals surface area contributed by atoms with Crippen molar-refractivity contribution < 1.29 is 23.7 Å². The lowest BCUT2D eigenvalue weighted by Gasteiger charge is -2.07. The highest BCUT2D eigenvalue weighted by Crippen LogP contribution is 1.86. The number of ketones is 1. The van der Waals surface area contributed by atoms with E-state index >= 15 is 0 Å². The third kappa shape index (κ3) is 17.4. The van der Waals surface area contributed by atoms with Gasteiger partial charge in [-0.15, -0.1) is 0 Å². The minimum atomic E-state index is 0.138. The number of rotatable bonds is 15. The van der Waals surface area contributed by atoms with E-state index in [0.29, 0.717) is 65.8 Å². The third-order valence-electron chi connectivity index (χ3n) is 2.11. The number of hydrazine groups is 1. The summed E-state index contributed by atoms with van der Waals surface area (Å²) in [6, 6.07) is 0. The molecule has 7 nitrogen and oxygen atoms in total. The van der Waals surface area contributed by atoms with Crippen molar-refractivity contribution in [3.05, 3.63) is 0 Å². The Morgan fingerprint density at radius 2 is 1.26 bits per heavy atom. The quantitative estimate of drug-likeness (QED) is 0.237. The number of nitrogens with one attached hydrogen (secondary N) is 1. The lowest BCUT2D eigenvalue weighted by atomic mass is 10.3. The highest BCUT2D eigenvalue weighted by atomic mass is 16.6. The molecule has 114 valence electrons.